The number of hydrogen-bond donors (Lipinski definition) is 0. The standard InChI is InChI=1S/C32H16S3/c1-5-6-7-8-9-10-11-12-13-14-15-16-17-26-18-23(2)19-27(26)28-21-29-30(34-28)22-31(35-29)32-24(3)20-25(4)33-32/h1,18,20-22H,19H2,2-4H3. The lowest BCUT2D eigenvalue weighted by atomic mass is 10.1. The first-order chi connectivity index (χ1) is 17.0. The molecule has 0 spiro atoms. The predicted molar refractivity (Wildman–Crippen MR) is 153 cm³/mol. The summed E-state index contributed by atoms with van der Waals surface area (Å²) < 4.78 is 2.66. The zero-order valence-corrected chi connectivity index (χ0v) is 21.8. The molecule has 0 N–H and O–H groups in total. The first kappa shape index (κ1) is 23.9. The van der Waals surface area contributed by atoms with Crippen molar-refractivity contribution >= 4 is 49.0 Å². The quantitative estimate of drug-likeness (QED) is 0.333. The lowest BCUT2D eigenvalue weighted by Crippen LogP contribution is -1.79. The van der Waals surface area contributed by atoms with Gasteiger partial charge >= 0.3 is 0 Å². The Hall–Kier alpha value is -4.24. The molecule has 3 aromatic heterocycles. The maximum Gasteiger partial charge on any atom is 0.0475 e. The van der Waals surface area contributed by atoms with Crippen LogP contribution in [0.1, 0.15) is 28.7 Å². The molecule has 4 rings (SSSR count). The van der Waals surface area contributed by atoms with Crippen molar-refractivity contribution in [2.45, 2.75) is 27.2 Å². The zero-order valence-electron chi connectivity index (χ0n) is 19.3. The minimum absolute atomic E-state index is 0.920. The molecular formula is C32H16S3. The minimum Gasteiger partial charge on any atom is -0.139 e. The maximum atomic E-state index is 4.99. The molecule has 0 saturated carbocycles. The lowest BCUT2D eigenvalue weighted by Gasteiger charge is -2.00. The second-order valence-electron chi connectivity index (χ2n) is 7.52. The third-order valence-electron chi connectivity index (χ3n) is 4.84. The molecular weight excluding hydrogens is 481 g/mol. The summed E-state index contributed by atoms with van der Waals surface area (Å²) in [5.74, 6) is 34.1. The van der Waals surface area contributed by atoms with Crippen molar-refractivity contribution in [1.29, 1.82) is 0 Å². The molecule has 0 fully saturated rings. The molecule has 1 aliphatic carbocycles. The van der Waals surface area contributed by atoms with Crippen molar-refractivity contribution in [2.24, 2.45) is 0 Å². The van der Waals surface area contributed by atoms with Crippen LogP contribution in [0, 0.1) is 97.2 Å². The van der Waals surface area contributed by atoms with Gasteiger partial charge in [-0.05, 0) is 134 Å². The van der Waals surface area contributed by atoms with Crippen LogP contribution in [-0.4, -0.2) is 0 Å². The van der Waals surface area contributed by atoms with Crippen LogP contribution in [0.25, 0.3) is 24.7 Å². The van der Waals surface area contributed by atoms with E-state index in [1.807, 2.05) is 34.0 Å². The highest BCUT2D eigenvalue weighted by Crippen LogP contribution is 2.45. The van der Waals surface area contributed by atoms with Gasteiger partial charge in [0, 0.05) is 34.5 Å². The Labute approximate surface area is 219 Å². The molecule has 1 aliphatic rings. The highest BCUT2D eigenvalue weighted by atomic mass is 32.1. The van der Waals surface area contributed by atoms with Crippen LogP contribution < -0.4 is 0 Å². The lowest BCUT2D eigenvalue weighted by molar-refractivity contribution is 1.27. The van der Waals surface area contributed by atoms with Gasteiger partial charge in [0.15, 0.2) is 0 Å². The van der Waals surface area contributed by atoms with Crippen LogP contribution in [0.2, 0.25) is 0 Å². The van der Waals surface area contributed by atoms with Crippen molar-refractivity contribution < 1.29 is 0 Å². The Bertz CT molecular complexity index is 1800. The minimum atomic E-state index is 0.920. The third-order valence-corrected chi connectivity index (χ3v) is 8.52. The number of terminal acetylenes is 1. The van der Waals surface area contributed by atoms with Gasteiger partial charge in [-0.25, -0.2) is 0 Å². The Morgan fingerprint density at radius 1 is 0.686 bits per heavy atom. The van der Waals surface area contributed by atoms with Crippen LogP contribution in [0.4, 0.5) is 0 Å². The largest absolute Gasteiger partial charge is 0.139 e. The van der Waals surface area contributed by atoms with E-state index < -0.39 is 0 Å². The smallest absolute Gasteiger partial charge is 0.0475 e. The molecule has 0 aromatic carbocycles. The van der Waals surface area contributed by atoms with Gasteiger partial charge in [-0.2, -0.15) is 0 Å². The monoisotopic (exact) mass is 496 g/mol. The van der Waals surface area contributed by atoms with Crippen molar-refractivity contribution in [3.8, 4) is 93.1 Å². The van der Waals surface area contributed by atoms with E-state index in [4.69, 9.17) is 6.42 Å². The molecule has 3 aromatic rings. The van der Waals surface area contributed by atoms with Crippen LogP contribution in [-0.2, 0) is 0 Å². The average molecular weight is 497 g/mol. The molecule has 35 heavy (non-hydrogen) atoms. The number of aryl methyl sites for hydroxylation is 2. The van der Waals surface area contributed by atoms with Crippen LogP contribution in [0.15, 0.2) is 35.4 Å². The average Bonchev–Trinajstić information content (AvgIpc) is 3.57. The fourth-order valence-corrected chi connectivity index (χ4v) is 7.13. The van der Waals surface area contributed by atoms with E-state index in [0.717, 1.165) is 12.0 Å². The third kappa shape index (κ3) is 6.01. The Kier molecular flexibility index (Phi) is 7.69. The van der Waals surface area contributed by atoms with Gasteiger partial charge in [-0.15, -0.1) is 40.4 Å². The molecule has 0 atom stereocenters. The van der Waals surface area contributed by atoms with Gasteiger partial charge < -0.3 is 0 Å². The second-order valence-corrected chi connectivity index (χ2v) is 10.9. The van der Waals surface area contributed by atoms with Gasteiger partial charge in [0.05, 0.1) is 0 Å². The Morgan fingerprint density at radius 2 is 1.26 bits per heavy atom. The van der Waals surface area contributed by atoms with Crippen LogP contribution >= 0.6 is 34.0 Å². The fraction of sp³-hybridized carbons (Fsp3) is 0.125. The molecule has 0 radical (unpaired) electrons. The van der Waals surface area contributed by atoms with Crippen molar-refractivity contribution in [3.63, 3.8) is 0 Å². The zero-order chi connectivity index (χ0) is 24.6. The summed E-state index contributed by atoms with van der Waals surface area (Å²) in [6.07, 6.45) is 8.06. The van der Waals surface area contributed by atoms with Gasteiger partial charge in [0.2, 0.25) is 0 Å². The molecule has 0 bridgehead atoms. The number of hydrogen-bond acceptors (Lipinski definition) is 3. The van der Waals surface area contributed by atoms with Gasteiger partial charge in [0.1, 0.15) is 0 Å². The molecule has 3 heteroatoms. The summed E-state index contributed by atoms with van der Waals surface area (Å²) in [5.41, 5.74) is 4.97. The van der Waals surface area contributed by atoms with Crippen molar-refractivity contribution in [1.82, 2.24) is 0 Å². The van der Waals surface area contributed by atoms with E-state index in [2.05, 4.69) is 122 Å². The van der Waals surface area contributed by atoms with E-state index in [9.17, 15) is 0 Å². The molecule has 162 valence electrons. The second kappa shape index (κ2) is 11.3. The topological polar surface area (TPSA) is 0 Å². The number of thiophene rings is 3. The summed E-state index contributed by atoms with van der Waals surface area (Å²) in [6, 6.07) is 6.90. The van der Waals surface area contributed by atoms with E-state index in [1.54, 1.807) is 0 Å². The number of fused-ring (bicyclic) bond motifs is 1. The van der Waals surface area contributed by atoms with E-state index in [1.165, 1.54) is 45.6 Å². The Morgan fingerprint density at radius 3 is 1.86 bits per heavy atom. The molecule has 0 saturated heterocycles. The molecule has 0 unspecified atom stereocenters. The summed E-state index contributed by atoms with van der Waals surface area (Å²) in [5, 5.41) is 0. The normalized spacial score (nSPS) is 11.0. The fourth-order valence-electron chi connectivity index (χ4n) is 3.49. The molecule has 3 heterocycles. The predicted octanol–water partition coefficient (Wildman–Crippen LogP) is 7.07. The summed E-state index contributed by atoms with van der Waals surface area (Å²) in [6.45, 7) is 6.50. The van der Waals surface area contributed by atoms with E-state index >= 15 is 0 Å². The highest BCUT2D eigenvalue weighted by Gasteiger charge is 2.18. The first-order valence-electron chi connectivity index (χ1n) is 10.5. The molecule has 0 amide bonds. The van der Waals surface area contributed by atoms with Gasteiger partial charge in [-0.1, -0.05) is 11.5 Å². The molecule has 0 nitrogen and oxygen atoms in total. The van der Waals surface area contributed by atoms with Crippen molar-refractivity contribution in [3.05, 3.63) is 50.7 Å². The van der Waals surface area contributed by atoms with Crippen LogP contribution in [0.5, 0.6) is 0 Å². The first-order valence-corrected chi connectivity index (χ1v) is 13.0. The Balaban J connectivity index is 1.51. The maximum absolute atomic E-state index is 4.99. The SMILES string of the molecule is C#CC#CC#CC#CC#CC#CC#CC1=C(c2cc3sc(-c4sc(C)cc4C)cc3s2)CC(C)=C1. The van der Waals surface area contributed by atoms with Crippen molar-refractivity contribution in [2.75, 3.05) is 0 Å². The highest BCUT2D eigenvalue weighted by molar-refractivity contribution is 7.31. The van der Waals surface area contributed by atoms with Crippen LogP contribution in [0.3, 0.4) is 0 Å². The van der Waals surface area contributed by atoms with Gasteiger partial charge in [-0.3, -0.25) is 0 Å². The number of allylic oxidation sites excluding steroid dienone is 4. The summed E-state index contributed by atoms with van der Waals surface area (Å²) >= 11 is 5.58. The molecule has 0 aliphatic heterocycles. The summed E-state index contributed by atoms with van der Waals surface area (Å²) in [4.78, 5) is 5.38. The van der Waals surface area contributed by atoms with Gasteiger partial charge in [0.25, 0.3) is 0 Å². The summed E-state index contributed by atoms with van der Waals surface area (Å²) in [7, 11) is 0. The van der Waals surface area contributed by atoms with E-state index in [-0.39, 0.29) is 0 Å². The van der Waals surface area contributed by atoms with E-state index in [0.29, 0.717) is 0 Å². The number of rotatable bonds is 2.